The molecule has 6 nitrogen and oxygen atoms in total. The number of nitrogens with one attached hydrogen (secondary N) is 1. The molecule has 1 aromatic rings. The van der Waals surface area contributed by atoms with Crippen LogP contribution in [0.2, 0.25) is 0 Å². The highest BCUT2D eigenvalue weighted by Crippen LogP contribution is 2.27. The minimum Gasteiger partial charge on any atom is -0.505 e. The van der Waals surface area contributed by atoms with Gasteiger partial charge >= 0.3 is 12.0 Å². The summed E-state index contributed by atoms with van der Waals surface area (Å²) < 4.78 is 0. The number of rotatable bonds is 4. The van der Waals surface area contributed by atoms with Crippen LogP contribution in [0.1, 0.15) is 31.1 Å². The van der Waals surface area contributed by atoms with Crippen LogP contribution in [0.3, 0.4) is 0 Å². The summed E-state index contributed by atoms with van der Waals surface area (Å²) in [5.74, 6) is -1.69. The van der Waals surface area contributed by atoms with Crippen LogP contribution >= 0.6 is 0 Å². The van der Waals surface area contributed by atoms with Crippen molar-refractivity contribution < 1.29 is 19.8 Å². The van der Waals surface area contributed by atoms with Crippen molar-refractivity contribution in [2.24, 2.45) is 0 Å². The topological polar surface area (TPSA) is 89.9 Å². The summed E-state index contributed by atoms with van der Waals surface area (Å²) in [5, 5.41) is 21.2. The Hall–Kier alpha value is -2.24. The van der Waals surface area contributed by atoms with Crippen LogP contribution in [0.5, 0.6) is 5.75 Å². The van der Waals surface area contributed by atoms with Crippen LogP contribution in [0, 0.1) is 0 Å². The van der Waals surface area contributed by atoms with Crippen molar-refractivity contribution in [3.8, 4) is 5.75 Å². The molecule has 0 unspecified atom stereocenters. The molecule has 0 aliphatic rings. The maximum Gasteiger partial charge on any atom is 0.339 e. The third-order valence-electron chi connectivity index (χ3n) is 2.73. The van der Waals surface area contributed by atoms with Gasteiger partial charge in [0.25, 0.3) is 0 Å². The molecule has 0 spiro atoms. The number of carboxylic acid groups (broad SMARTS) is 1. The lowest BCUT2D eigenvalue weighted by molar-refractivity contribution is 0.0693. The summed E-state index contributed by atoms with van der Waals surface area (Å²) in [6.07, 6.45) is 0. The second-order valence-electron chi connectivity index (χ2n) is 4.32. The average molecular weight is 266 g/mol. The van der Waals surface area contributed by atoms with E-state index in [9.17, 15) is 14.7 Å². The molecule has 0 heterocycles. The summed E-state index contributed by atoms with van der Waals surface area (Å²) in [7, 11) is 0. The third-order valence-corrected chi connectivity index (χ3v) is 2.73. The molecule has 0 saturated heterocycles. The first-order chi connectivity index (χ1) is 8.88. The largest absolute Gasteiger partial charge is 0.505 e. The van der Waals surface area contributed by atoms with Gasteiger partial charge in [0.15, 0.2) is 5.75 Å². The number of carboxylic acids is 1. The Morgan fingerprint density at radius 1 is 1.37 bits per heavy atom. The van der Waals surface area contributed by atoms with E-state index in [1.165, 1.54) is 18.2 Å². The van der Waals surface area contributed by atoms with Crippen LogP contribution in [0.25, 0.3) is 0 Å². The summed E-state index contributed by atoms with van der Waals surface area (Å²) in [5.41, 5.74) is -0.158. The average Bonchev–Trinajstić information content (AvgIpc) is 2.31. The van der Waals surface area contributed by atoms with Gasteiger partial charge in [0.05, 0.1) is 5.69 Å². The van der Waals surface area contributed by atoms with Gasteiger partial charge in [-0.2, -0.15) is 0 Å². The number of carbonyl (C=O) groups excluding carboxylic acids is 1. The van der Waals surface area contributed by atoms with E-state index < -0.39 is 11.7 Å². The number of hydrogen-bond acceptors (Lipinski definition) is 3. The molecule has 0 radical (unpaired) electrons. The molecular weight excluding hydrogens is 248 g/mol. The molecule has 1 rings (SSSR count). The molecule has 0 aliphatic carbocycles. The Kier molecular flexibility index (Phi) is 4.74. The number of carbonyl (C=O) groups is 2. The number of benzene rings is 1. The highest BCUT2D eigenvalue weighted by atomic mass is 16.4. The third kappa shape index (κ3) is 3.37. The number of anilines is 1. The van der Waals surface area contributed by atoms with Crippen molar-refractivity contribution >= 4 is 17.7 Å². The molecule has 0 aliphatic heterocycles. The highest BCUT2D eigenvalue weighted by molar-refractivity contribution is 5.97. The number of urea groups is 1. The lowest BCUT2D eigenvalue weighted by Crippen LogP contribution is -2.39. The lowest BCUT2D eigenvalue weighted by Gasteiger charge is -2.25. The minimum atomic E-state index is -1.25. The van der Waals surface area contributed by atoms with E-state index in [0.29, 0.717) is 6.54 Å². The van der Waals surface area contributed by atoms with E-state index in [1.807, 2.05) is 20.8 Å². The minimum absolute atomic E-state index is 0.00907. The maximum absolute atomic E-state index is 12.0. The van der Waals surface area contributed by atoms with Gasteiger partial charge in [-0.25, -0.2) is 9.59 Å². The molecule has 3 N–H and O–H groups in total. The molecular formula is C13H18N2O4. The zero-order valence-corrected chi connectivity index (χ0v) is 11.2. The molecule has 0 fully saturated rings. The lowest BCUT2D eigenvalue weighted by atomic mass is 10.1. The molecule has 1 aromatic carbocycles. The standard InChI is InChI=1S/C13H18N2O4/c1-4-15(8(2)3)13(19)14-10-7-5-6-9(11(10)16)12(17)18/h5-8,16H,4H2,1-3H3,(H,14,19)(H,17,18). The predicted molar refractivity (Wildman–Crippen MR) is 71.6 cm³/mol. The monoisotopic (exact) mass is 266 g/mol. The first-order valence-electron chi connectivity index (χ1n) is 6.01. The van der Waals surface area contributed by atoms with Gasteiger partial charge < -0.3 is 20.4 Å². The van der Waals surface area contributed by atoms with Gasteiger partial charge in [0.2, 0.25) is 0 Å². The zero-order valence-electron chi connectivity index (χ0n) is 11.2. The van der Waals surface area contributed by atoms with E-state index in [1.54, 1.807) is 4.90 Å². The molecule has 0 bridgehead atoms. The smallest absolute Gasteiger partial charge is 0.339 e. The van der Waals surface area contributed by atoms with Crippen molar-refractivity contribution in [2.45, 2.75) is 26.8 Å². The maximum atomic E-state index is 12.0. The predicted octanol–water partition coefficient (Wildman–Crippen LogP) is 2.35. The Morgan fingerprint density at radius 2 is 2.00 bits per heavy atom. The highest BCUT2D eigenvalue weighted by Gasteiger charge is 2.18. The second kappa shape index (κ2) is 6.08. The first-order valence-corrected chi connectivity index (χ1v) is 6.01. The van der Waals surface area contributed by atoms with Gasteiger partial charge in [0, 0.05) is 12.6 Å². The number of hydrogen-bond donors (Lipinski definition) is 3. The fourth-order valence-electron chi connectivity index (χ4n) is 1.75. The second-order valence-corrected chi connectivity index (χ2v) is 4.32. The van der Waals surface area contributed by atoms with Gasteiger partial charge in [-0.3, -0.25) is 0 Å². The van der Waals surface area contributed by atoms with Crippen molar-refractivity contribution in [3.63, 3.8) is 0 Å². The molecule has 0 aromatic heterocycles. The van der Waals surface area contributed by atoms with E-state index in [0.717, 1.165) is 0 Å². The van der Waals surface area contributed by atoms with Crippen LogP contribution in [-0.4, -0.2) is 39.7 Å². The van der Waals surface area contributed by atoms with Crippen LogP contribution in [0.15, 0.2) is 18.2 Å². The molecule has 104 valence electrons. The summed E-state index contributed by atoms with van der Waals surface area (Å²) in [4.78, 5) is 24.4. The van der Waals surface area contributed by atoms with Gasteiger partial charge in [0.1, 0.15) is 5.56 Å². The summed E-state index contributed by atoms with van der Waals surface area (Å²) in [6.45, 7) is 6.10. The number of aromatic carboxylic acids is 1. The number of phenols is 1. The number of aromatic hydroxyl groups is 1. The molecule has 6 heteroatoms. The Labute approximate surface area is 111 Å². The zero-order chi connectivity index (χ0) is 14.6. The normalized spacial score (nSPS) is 10.3. The van der Waals surface area contributed by atoms with E-state index in [-0.39, 0.29) is 23.3 Å². The van der Waals surface area contributed by atoms with Crippen LogP contribution < -0.4 is 5.32 Å². The Bertz CT molecular complexity index is 486. The van der Waals surface area contributed by atoms with Crippen LogP contribution in [0.4, 0.5) is 10.5 Å². The SMILES string of the molecule is CCN(C(=O)Nc1cccc(C(=O)O)c1O)C(C)C. The molecule has 2 amide bonds. The van der Waals surface area contributed by atoms with Crippen LogP contribution in [-0.2, 0) is 0 Å². The number of nitrogens with zero attached hydrogens (tertiary/aromatic N) is 1. The molecule has 0 atom stereocenters. The quantitative estimate of drug-likeness (QED) is 0.730. The molecule has 0 saturated carbocycles. The van der Waals surface area contributed by atoms with E-state index >= 15 is 0 Å². The number of para-hydroxylation sites is 1. The van der Waals surface area contributed by atoms with Gasteiger partial charge in [-0.1, -0.05) is 6.07 Å². The van der Waals surface area contributed by atoms with Crippen molar-refractivity contribution in [1.82, 2.24) is 4.90 Å². The Balaban J connectivity index is 2.97. The fourth-order valence-corrected chi connectivity index (χ4v) is 1.75. The van der Waals surface area contributed by atoms with Gasteiger partial charge in [-0.05, 0) is 32.9 Å². The fraction of sp³-hybridized carbons (Fsp3) is 0.385. The summed E-state index contributed by atoms with van der Waals surface area (Å²) in [6, 6.07) is 3.82. The number of amides is 2. The van der Waals surface area contributed by atoms with E-state index in [2.05, 4.69) is 5.32 Å². The van der Waals surface area contributed by atoms with Crippen molar-refractivity contribution in [2.75, 3.05) is 11.9 Å². The van der Waals surface area contributed by atoms with Gasteiger partial charge in [-0.15, -0.1) is 0 Å². The summed E-state index contributed by atoms with van der Waals surface area (Å²) >= 11 is 0. The molecule has 19 heavy (non-hydrogen) atoms. The van der Waals surface area contributed by atoms with Crippen molar-refractivity contribution in [1.29, 1.82) is 0 Å². The van der Waals surface area contributed by atoms with Crippen molar-refractivity contribution in [3.05, 3.63) is 23.8 Å². The Morgan fingerprint density at radius 3 is 2.47 bits per heavy atom. The first kappa shape index (κ1) is 14.8. The van der Waals surface area contributed by atoms with E-state index in [4.69, 9.17) is 5.11 Å².